The summed E-state index contributed by atoms with van der Waals surface area (Å²) in [5.41, 5.74) is 0.348. The topological polar surface area (TPSA) is 137 Å². The smallest absolute Gasteiger partial charge is 0.327 e. The zero-order chi connectivity index (χ0) is 25.6. The van der Waals surface area contributed by atoms with Crippen molar-refractivity contribution in [2.75, 3.05) is 7.05 Å². The Morgan fingerprint density at radius 1 is 1.03 bits per heavy atom. The van der Waals surface area contributed by atoms with Crippen molar-refractivity contribution >= 4 is 34.6 Å². The summed E-state index contributed by atoms with van der Waals surface area (Å²) in [5, 5.41) is 18.4. The first kappa shape index (κ1) is 26.8. The van der Waals surface area contributed by atoms with Gasteiger partial charge < -0.3 is 21.1 Å². The van der Waals surface area contributed by atoms with Crippen LogP contribution in [0.25, 0.3) is 10.9 Å². The van der Waals surface area contributed by atoms with Crippen LogP contribution in [0, 0.1) is 17.3 Å². The predicted molar refractivity (Wildman–Crippen MR) is 129 cm³/mol. The fraction of sp³-hybridized carbons (Fsp3) is 0.480. The number of pyridine rings is 1. The minimum absolute atomic E-state index is 0.0330. The maximum absolute atomic E-state index is 13.3. The van der Waals surface area contributed by atoms with Crippen molar-refractivity contribution in [3.05, 3.63) is 42.1 Å². The molecule has 1 aromatic heterocycles. The van der Waals surface area contributed by atoms with Gasteiger partial charge >= 0.3 is 5.97 Å². The van der Waals surface area contributed by atoms with Crippen LogP contribution in [-0.4, -0.2) is 52.9 Å². The van der Waals surface area contributed by atoms with Crippen molar-refractivity contribution in [2.24, 2.45) is 17.3 Å². The molecule has 9 nitrogen and oxygen atoms in total. The number of hydrogen-bond acceptors (Lipinski definition) is 5. The lowest BCUT2D eigenvalue weighted by Crippen LogP contribution is -2.58. The summed E-state index contributed by atoms with van der Waals surface area (Å²) in [6.45, 7) is 9.12. The molecule has 0 saturated carbocycles. The Hall–Kier alpha value is -3.49. The summed E-state index contributed by atoms with van der Waals surface area (Å²) >= 11 is 0. The van der Waals surface area contributed by atoms with E-state index in [1.165, 1.54) is 7.05 Å². The molecule has 3 atom stereocenters. The molecule has 0 radical (unpaired) electrons. The lowest BCUT2D eigenvalue weighted by atomic mass is 9.84. The first-order chi connectivity index (χ1) is 15.8. The zero-order valence-corrected chi connectivity index (χ0v) is 20.5. The van der Waals surface area contributed by atoms with Gasteiger partial charge in [0.15, 0.2) is 0 Å². The molecule has 0 aliphatic heterocycles. The van der Waals surface area contributed by atoms with Gasteiger partial charge in [-0.15, -0.1) is 0 Å². The molecule has 184 valence electrons. The van der Waals surface area contributed by atoms with Crippen molar-refractivity contribution in [3.8, 4) is 0 Å². The number of benzene rings is 1. The number of aliphatic carboxylic acids is 1. The number of nitrogens with one attached hydrogen (secondary N) is 3. The first-order valence-corrected chi connectivity index (χ1v) is 11.3. The highest BCUT2D eigenvalue weighted by Crippen LogP contribution is 2.23. The van der Waals surface area contributed by atoms with Gasteiger partial charge in [-0.2, -0.15) is 0 Å². The third-order valence-corrected chi connectivity index (χ3v) is 5.54. The van der Waals surface area contributed by atoms with Crippen molar-refractivity contribution in [3.63, 3.8) is 0 Å². The Labute approximate surface area is 199 Å². The van der Waals surface area contributed by atoms with Gasteiger partial charge in [0.2, 0.25) is 11.8 Å². The number of fused-ring (bicyclic) bond motifs is 1. The van der Waals surface area contributed by atoms with Crippen LogP contribution in [0.4, 0.5) is 0 Å². The number of hydrogen-bond donors (Lipinski definition) is 4. The van der Waals surface area contributed by atoms with Crippen LogP contribution in [0.5, 0.6) is 0 Å². The highest BCUT2D eigenvalue weighted by molar-refractivity contribution is 6.01. The fourth-order valence-electron chi connectivity index (χ4n) is 3.75. The molecular weight excluding hydrogens is 436 g/mol. The molecule has 1 aromatic carbocycles. The molecule has 0 fully saturated rings. The second-order valence-corrected chi connectivity index (χ2v) is 9.86. The van der Waals surface area contributed by atoms with Gasteiger partial charge in [-0.1, -0.05) is 40.7 Å². The molecule has 0 saturated heterocycles. The summed E-state index contributed by atoms with van der Waals surface area (Å²) in [5.74, 6) is -4.05. The maximum Gasteiger partial charge on any atom is 0.327 e. The summed E-state index contributed by atoms with van der Waals surface area (Å²) in [6, 6.07) is 6.04. The molecule has 0 bridgehead atoms. The molecule has 0 aliphatic rings. The van der Waals surface area contributed by atoms with E-state index in [-0.39, 0.29) is 23.8 Å². The monoisotopic (exact) mass is 470 g/mol. The van der Waals surface area contributed by atoms with Crippen LogP contribution in [0.15, 0.2) is 36.5 Å². The standard InChI is InChI=1S/C25H34N4O5/c1-14(2)12-17(22(31)29-20(23(32)26-6)25(3,4)5)19(24(33)34)28-21(30)16-9-10-18-15(13-16)8-7-11-27-18/h7-11,13-14,17,19-20H,12H2,1-6H3,(H,26,32)(H,28,30)(H,29,31)(H,33,34)/t17-,19+,20-/m1/s1. The minimum Gasteiger partial charge on any atom is -0.480 e. The van der Waals surface area contributed by atoms with Crippen molar-refractivity contribution in [1.29, 1.82) is 0 Å². The van der Waals surface area contributed by atoms with Gasteiger partial charge in [0, 0.05) is 24.2 Å². The molecule has 2 rings (SSSR count). The summed E-state index contributed by atoms with van der Waals surface area (Å²) in [4.78, 5) is 55.0. The Bertz CT molecular complexity index is 1060. The lowest BCUT2D eigenvalue weighted by Gasteiger charge is -2.33. The summed E-state index contributed by atoms with van der Waals surface area (Å²) in [7, 11) is 1.47. The van der Waals surface area contributed by atoms with E-state index in [0.29, 0.717) is 5.52 Å². The van der Waals surface area contributed by atoms with Gasteiger partial charge in [0.25, 0.3) is 5.91 Å². The van der Waals surface area contributed by atoms with E-state index in [1.807, 2.05) is 13.8 Å². The summed E-state index contributed by atoms with van der Waals surface area (Å²) in [6.07, 6.45) is 1.84. The van der Waals surface area contributed by atoms with Crippen LogP contribution in [0.1, 0.15) is 51.4 Å². The Morgan fingerprint density at radius 3 is 2.26 bits per heavy atom. The molecular formula is C25H34N4O5. The van der Waals surface area contributed by atoms with Gasteiger partial charge in [-0.3, -0.25) is 19.4 Å². The van der Waals surface area contributed by atoms with E-state index >= 15 is 0 Å². The molecule has 9 heteroatoms. The normalized spacial score (nSPS) is 14.2. The van der Waals surface area contributed by atoms with Crippen LogP contribution in [0.3, 0.4) is 0 Å². The van der Waals surface area contributed by atoms with E-state index in [1.54, 1.807) is 57.3 Å². The van der Waals surface area contributed by atoms with Crippen LogP contribution < -0.4 is 16.0 Å². The second-order valence-electron chi connectivity index (χ2n) is 9.86. The third-order valence-electron chi connectivity index (χ3n) is 5.54. The molecule has 1 heterocycles. The quantitative estimate of drug-likeness (QED) is 0.444. The third kappa shape index (κ3) is 6.76. The van der Waals surface area contributed by atoms with Crippen molar-refractivity contribution in [1.82, 2.24) is 20.9 Å². The predicted octanol–water partition coefficient (Wildman–Crippen LogP) is 2.36. The number of likely N-dealkylation sites (N-methyl/N-ethyl adjacent to an activating group) is 1. The largest absolute Gasteiger partial charge is 0.480 e. The van der Waals surface area contributed by atoms with Crippen molar-refractivity contribution in [2.45, 2.75) is 53.1 Å². The number of aromatic nitrogens is 1. The second kappa shape index (κ2) is 11.1. The van der Waals surface area contributed by atoms with Crippen molar-refractivity contribution < 1.29 is 24.3 Å². The SMILES string of the molecule is CNC(=O)[C@@H](NC(=O)[C@H](CC(C)C)[C@H](NC(=O)c1ccc2ncccc2c1)C(=O)O)C(C)(C)C. The number of carbonyl (C=O) groups excluding carboxylic acids is 3. The van der Waals surface area contributed by atoms with Gasteiger partial charge in [0.1, 0.15) is 12.1 Å². The van der Waals surface area contributed by atoms with E-state index < -0.39 is 41.2 Å². The van der Waals surface area contributed by atoms with E-state index in [4.69, 9.17) is 0 Å². The number of carbonyl (C=O) groups is 4. The van der Waals surface area contributed by atoms with E-state index in [0.717, 1.165) is 5.39 Å². The molecule has 0 spiro atoms. The maximum atomic E-state index is 13.3. The van der Waals surface area contributed by atoms with E-state index in [9.17, 15) is 24.3 Å². The van der Waals surface area contributed by atoms with Crippen LogP contribution >= 0.6 is 0 Å². The molecule has 0 aliphatic carbocycles. The average molecular weight is 471 g/mol. The molecule has 2 aromatic rings. The molecule has 0 unspecified atom stereocenters. The summed E-state index contributed by atoms with van der Waals surface area (Å²) < 4.78 is 0. The van der Waals surface area contributed by atoms with E-state index in [2.05, 4.69) is 20.9 Å². The lowest BCUT2D eigenvalue weighted by molar-refractivity contribution is -0.145. The number of carboxylic acids is 1. The molecule has 4 N–H and O–H groups in total. The Kier molecular flexibility index (Phi) is 8.73. The number of amides is 3. The van der Waals surface area contributed by atoms with Gasteiger partial charge in [-0.25, -0.2) is 4.79 Å². The average Bonchev–Trinajstić information content (AvgIpc) is 2.77. The first-order valence-electron chi connectivity index (χ1n) is 11.3. The fourth-order valence-corrected chi connectivity index (χ4v) is 3.75. The Morgan fingerprint density at radius 2 is 1.71 bits per heavy atom. The zero-order valence-electron chi connectivity index (χ0n) is 20.5. The minimum atomic E-state index is -1.48. The molecule has 3 amide bonds. The van der Waals surface area contributed by atoms with Gasteiger partial charge in [-0.05, 0) is 42.0 Å². The van der Waals surface area contributed by atoms with Crippen LogP contribution in [-0.2, 0) is 14.4 Å². The number of rotatable bonds is 9. The highest BCUT2D eigenvalue weighted by Gasteiger charge is 2.39. The highest BCUT2D eigenvalue weighted by atomic mass is 16.4. The van der Waals surface area contributed by atoms with Gasteiger partial charge in [0.05, 0.1) is 11.4 Å². The Balaban J connectivity index is 2.34. The van der Waals surface area contributed by atoms with Crippen LogP contribution in [0.2, 0.25) is 0 Å². The number of nitrogens with zero attached hydrogens (tertiary/aromatic N) is 1. The number of carboxylic acid groups (broad SMARTS) is 1. The molecule has 34 heavy (non-hydrogen) atoms.